The number of pyridine rings is 1. The summed E-state index contributed by atoms with van der Waals surface area (Å²) in [5.41, 5.74) is 3.30. The molecule has 0 aliphatic carbocycles. The highest BCUT2D eigenvalue weighted by atomic mass is 16.4. The van der Waals surface area contributed by atoms with Crippen LogP contribution in [0.3, 0.4) is 0 Å². The van der Waals surface area contributed by atoms with Crippen LogP contribution in [0.2, 0.25) is 0 Å². The van der Waals surface area contributed by atoms with Gasteiger partial charge >= 0.3 is 5.97 Å². The van der Waals surface area contributed by atoms with Crippen molar-refractivity contribution in [2.45, 2.75) is 6.42 Å². The van der Waals surface area contributed by atoms with E-state index in [9.17, 15) is 4.79 Å². The van der Waals surface area contributed by atoms with Gasteiger partial charge in [-0.25, -0.2) is 4.98 Å². The molecule has 94 valence electrons. The van der Waals surface area contributed by atoms with Crippen LogP contribution in [0.25, 0.3) is 22.3 Å². The zero-order valence-electron chi connectivity index (χ0n) is 10.1. The summed E-state index contributed by atoms with van der Waals surface area (Å²) in [6, 6.07) is 13.4. The molecule has 3 aromatic rings. The van der Waals surface area contributed by atoms with Crippen molar-refractivity contribution in [2.75, 3.05) is 0 Å². The highest BCUT2D eigenvalue weighted by Crippen LogP contribution is 2.29. The maximum atomic E-state index is 11.1. The molecule has 0 unspecified atom stereocenters. The number of aliphatic carboxylic acids is 1. The van der Waals surface area contributed by atoms with Crippen molar-refractivity contribution in [1.29, 1.82) is 0 Å². The zero-order chi connectivity index (χ0) is 13.2. The first-order chi connectivity index (χ1) is 9.25. The van der Waals surface area contributed by atoms with Gasteiger partial charge in [0.25, 0.3) is 0 Å². The average molecular weight is 252 g/mol. The van der Waals surface area contributed by atoms with Gasteiger partial charge in [0.2, 0.25) is 0 Å². The third-order valence-corrected chi connectivity index (χ3v) is 3.07. The normalized spacial score (nSPS) is 10.7. The average Bonchev–Trinajstić information content (AvgIpc) is 2.78. The van der Waals surface area contributed by atoms with E-state index in [2.05, 4.69) is 9.97 Å². The maximum absolute atomic E-state index is 11.1. The molecular formula is C15H12N2O2. The first-order valence-electron chi connectivity index (χ1n) is 5.98. The smallest absolute Gasteiger partial charge is 0.307 e. The van der Waals surface area contributed by atoms with Crippen LogP contribution < -0.4 is 0 Å². The van der Waals surface area contributed by atoms with Crippen molar-refractivity contribution in [3.05, 3.63) is 54.2 Å². The number of benzene rings is 1. The molecule has 4 nitrogen and oxygen atoms in total. The maximum Gasteiger partial charge on any atom is 0.307 e. The van der Waals surface area contributed by atoms with Crippen LogP contribution in [-0.2, 0) is 11.2 Å². The Morgan fingerprint density at radius 1 is 1.16 bits per heavy atom. The van der Waals surface area contributed by atoms with Gasteiger partial charge in [0.05, 0.1) is 12.1 Å². The molecule has 3 rings (SSSR count). The minimum Gasteiger partial charge on any atom is -0.481 e. The number of carboxylic acid groups (broad SMARTS) is 1. The summed E-state index contributed by atoms with van der Waals surface area (Å²) in [6.07, 6.45) is 1.67. The SMILES string of the molecule is O=C(O)Cc1c(-c2ccccc2)[nH]c2ncccc12. The molecule has 2 heterocycles. The molecule has 19 heavy (non-hydrogen) atoms. The Balaban J connectivity index is 2.26. The Kier molecular flexibility index (Phi) is 2.76. The van der Waals surface area contributed by atoms with E-state index in [0.29, 0.717) is 0 Å². The number of fused-ring (bicyclic) bond motifs is 1. The van der Waals surface area contributed by atoms with E-state index in [1.54, 1.807) is 6.20 Å². The minimum absolute atomic E-state index is 0.0179. The van der Waals surface area contributed by atoms with E-state index < -0.39 is 5.97 Å². The molecule has 0 radical (unpaired) electrons. The lowest BCUT2D eigenvalue weighted by Gasteiger charge is -2.02. The highest BCUT2D eigenvalue weighted by Gasteiger charge is 2.15. The van der Waals surface area contributed by atoms with Crippen LogP contribution >= 0.6 is 0 Å². The van der Waals surface area contributed by atoms with Gasteiger partial charge in [-0.2, -0.15) is 0 Å². The number of H-pyrrole nitrogens is 1. The van der Waals surface area contributed by atoms with E-state index in [1.165, 1.54) is 0 Å². The molecule has 0 fully saturated rings. The van der Waals surface area contributed by atoms with Crippen LogP contribution in [0.1, 0.15) is 5.56 Å². The van der Waals surface area contributed by atoms with E-state index >= 15 is 0 Å². The van der Waals surface area contributed by atoms with Crippen LogP contribution in [0.15, 0.2) is 48.7 Å². The summed E-state index contributed by atoms with van der Waals surface area (Å²) < 4.78 is 0. The quantitative estimate of drug-likeness (QED) is 0.753. The number of hydrogen-bond donors (Lipinski definition) is 2. The number of aromatic amines is 1. The predicted molar refractivity (Wildman–Crippen MR) is 72.9 cm³/mol. The number of carboxylic acids is 1. The first-order valence-corrected chi connectivity index (χ1v) is 5.98. The second kappa shape index (κ2) is 4.57. The molecule has 4 heteroatoms. The number of nitrogens with one attached hydrogen (secondary N) is 1. The standard InChI is InChI=1S/C15H12N2O2/c18-13(19)9-12-11-7-4-8-16-15(11)17-14(12)10-5-2-1-3-6-10/h1-8H,9H2,(H,16,17)(H,18,19). The Bertz CT molecular complexity index is 732. The molecule has 0 aliphatic heterocycles. The summed E-state index contributed by atoms with van der Waals surface area (Å²) in [7, 11) is 0. The molecule has 2 N–H and O–H groups in total. The lowest BCUT2D eigenvalue weighted by atomic mass is 10.0. The lowest BCUT2D eigenvalue weighted by molar-refractivity contribution is -0.136. The van der Waals surface area contributed by atoms with Crippen molar-refractivity contribution in [2.24, 2.45) is 0 Å². The number of rotatable bonds is 3. The van der Waals surface area contributed by atoms with Gasteiger partial charge in [0.1, 0.15) is 5.65 Å². The van der Waals surface area contributed by atoms with Gasteiger partial charge < -0.3 is 10.1 Å². The summed E-state index contributed by atoms with van der Waals surface area (Å²) in [4.78, 5) is 18.5. The molecule has 0 amide bonds. The van der Waals surface area contributed by atoms with Crippen molar-refractivity contribution >= 4 is 17.0 Å². The van der Waals surface area contributed by atoms with Crippen LogP contribution in [-0.4, -0.2) is 21.0 Å². The molecule has 0 spiro atoms. The fourth-order valence-electron chi connectivity index (χ4n) is 2.26. The Hall–Kier alpha value is -2.62. The first kappa shape index (κ1) is 11.5. The van der Waals surface area contributed by atoms with Gasteiger partial charge in [-0.15, -0.1) is 0 Å². The van der Waals surface area contributed by atoms with Crippen LogP contribution in [0.4, 0.5) is 0 Å². The molecule has 1 aromatic carbocycles. The second-order valence-corrected chi connectivity index (χ2v) is 4.31. The van der Waals surface area contributed by atoms with Crippen LogP contribution in [0.5, 0.6) is 0 Å². The molecule has 0 saturated heterocycles. The molecule has 0 saturated carbocycles. The number of carbonyl (C=O) groups is 1. The number of aromatic nitrogens is 2. The Labute approximate surface area is 109 Å². The van der Waals surface area contributed by atoms with E-state index in [0.717, 1.165) is 27.9 Å². The number of hydrogen-bond acceptors (Lipinski definition) is 2. The van der Waals surface area contributed by atoms with Crippen molar-refractivity contribution < 1.29 is 9.90 Å². The summed E-state index contributed by atoms with van der Waals surface area (Å²) in [5, 5.41) is 9.95. The predicted octanol–water partition coefficient (Wildman–Crippen LogP) is 2.86. The molecule has 2 aromatic heterocycles. The summed E-state index contributed by atoms with van der Waals surface area (Å²) in [6.45, 7) is 0. The van der Waals surface area contributed by atoms with Gasteiger partial charge in [-0.1, -0.05) is 30.3 Å². The fraction of sp³-hybridized carbons (Fsp3) is 0.0667. The van der Waals surface area contributed by atoms with E-state index in [4.69, 9.17) is 5.11 Å². The van der Waals surface area contributed by atoms with E-state index in [1.807, 2.05) is 42.5 Å². The molecular weight excluding hydrogens is 240 g/mol. The van der Waals surface area contributed by atoms with Crippen molar-refractivity contribution in [3.8, 4) is 11.3 Å². The van der Waals surface area contributed by atoms with Gasteiger partial charge in [0.15, 0.2) is 0 Å². The highest BCUT2D eigenvalue weighted by molar-refractivity contribution is 5.91. The largest absolute Gasteiger partial charge is 0.481 e. The third-order valence-electron chi connectivity index (χ3n) is 3.07. The Morgan fingerprint density at radius 3 is 2.68 bits per heavy atom. The van der Waals surface area contributed by atoms with Gasteiger partial charge in [-0.05, 0) is 23.3 Å². The fourth-order valence-corrected chi connectivity index (χ4v) is 2.26. The topological polar surface area (TPSA) is 66.0 Å². The molecule has 0 aliphatic rings. The summed E-state index contributed by atoms with van der Waals surface area (Å²) >= 11 is 0. The van der Waals surface area contributed by atoms with Gasteiger partial charge in [-0.3, -0.25) is 4.79 Å². The molecule has 0 bridgehead atoms. The summed E-state index contributed by atoms with van der Waals surface area (Å²) in [5.74, 6) is -0.845. The minimum atomic E-state index is -0.845. The van der Waals surface area contributed by atoms with Crippen molar-refractivity contribution in [1.82, 2.24) is 9.97 Å². The van der Waals surface area contributed by atoms with Crippen LogP contribution in [0, 0.1) is 0 Å². The van der Waals surface area contributed by atoms with E-state index in [-0.39, 0.29) is 6.42 Å². The second-order valence-electron chi connectivity index (χ2n) is 4.31. The zero-order valence-corrected chi connectivity index (χ0v) is 10.1. The van der Waals surface area contributed by atoms with Crippen molar-refractivity contribution in [3.63, 3.8) is 0 Å². The van der Waals surface area contributed by atoms with Gasteiger partial charge in [0, 0.05) is 11.6 Å². The number of nitrogens with zero attached hydrogens (tertiary/aromatic N) is 1. The Morgan fingerprint density at radius 2 is 1.95 bits per heavy atom. The lowest BCUT2D eigenvalue weighted by Crippen LogP contribution is -2.00. The molecule has 0 atom stereocenters. The monoisotopic (exact) mass is 252 g/mol. The third kappa shape index (κ3) is 2.08.